The Kier molecular flexibility index (Phi) is 4.86. The molecule has 1 aromatic carbocycles. The molecule has 6 heteroatoms. The molecule has 0 unspecified atom stereocenters. The zero-order valence-corrected chi connectivity index (χ0v) is 17.4. The molecule has 0 N–H and O–H groups in total. The van der Waals surface area contributed by atoms with Crippen LogP contribution in [0.3, 0.4) is 0 Å². The number of hydrogen-bond donors (Lipinski definition) is 0. The first-order valence-corrected chi connectivity index (χ1v) is 9.84. The van der Waals surface area contributed by atoms with Crippen LogP contribution in [0.25, 0.3) is 0 Å². The summed E-state index contributed by atoms with van der Waals surface area (Å²) < 4.78 is 30.8. The molecule has 5 nitrogen and oxygen atoms in total. The van der Waals surface area contributed by atoms with Crippen molar-refractivity contribution in [2.45, 2.75) is 63.7 Å². The van der Waals surface area contributed by atoms with E-state index < -0.39 is 11.6 Å². The summed E-state index contributed by atoms with van der Waals surface area (Å²) in [6.45, 7) is 8.05. The molecule has 0 saturated carbocycles. The molecule has 3 saturated heterocycles. The summed E-state index contributed by atoms with van der Waals surface area (Å²) in [6.07, 6.45) is -1.16. The van der Waals surface area contributed by atoms with E-state index in [1.54, 1.807) is 0 Å². The first-order chi connectivity index (χ1) is 12.7. The van der Waals surface area contributed by atoms with Gasteiger partial charge in [0.25, 0.3) is 0 Å². The van der Waals surface area contributed by atoms with E-state index in [4.69, 9.17) is 23.7 Å². The number of hydrogen-bond acceptors (Lipinski definition) is 5. The molecule has 4 atom stereocenters. The molecule has 3 heterocycles. The van der Waals surface area contributed by atoms with E-state index in [-0.39, 0.29) is 24.4 Å². The van der Waals surface area contributed by atoms with Crippen LogP contribution in [0.5, 0.6) is 0 Å². The summed E-state index contributed by atoms with van der Waals surface area (Å²) >= 11 is 3.57. The molecule has 27 heavy (non-hydrogen) atoms. The van der Waals surface area contributed by atoms with Gasteiger partial charge in [0.1, 0.15) is 22.8 Å². The summed E-state index contributed by atoms with van der Waals surface area (Å²) in [6, 6.07) is 9.80. The second-order valence-electron chi connectivity index (χ2n) is 7.76. The van der Waals surface area contributed by atoms with Crippen molar-refractivity contribution in [1.82, 2.24) is 0 Å². The van der Waals surface area contributed by atoms with Crippen molar-refractivity contribution in [1.29, 1.82) is 0 Å². The monoisotopic (exact) mass is 434 g/mol. The first-order valence-electron chi connectivity index (χ1n) is 9.05. The molecule has 144 valence electrons. The fraction of sp³-hybridized carbons (Fsp3) is 0.524. The minimum Gasteiger partial charge on any atom is -0.484 e. The normalized spacial score (nSPS) is 35.1. The van der Waals surface area contributed by atoms with Crippen LogP contribution >= 0.6 is 15.9 Å². The zero-order chi connectivity index (χ0) is 19.2. The van der Waals surface area contributed by atoms with E-state index in [9.17, 15) is 0 Å². The van der Waals surface area contributed by atoms with Crippen molar-refractivity contribution in [3.05, 3.63) is 46.1 Å². The van der Waals surface area contributed by atoms with Gasteiger partial charge >= 0.3 is 0 Å². The van der Waals surface area contributed by atoms with Gasteiger partial charge in [0.15, 0.2) is 23.4 Å². The lowest BCUT2D eigenvalue weighted by Gasteiger charge is -2.26. The highest BCUT2D eigenvalue weighted by Gasteiger charge is 2.58. The highest BCUT2D eigenvalue weighted by atomic mass is 79.9. The Hall–Kier alpha value is -1.36. The molecule has 4 rings (SSSR count). The molecule has 1 aromatic rings. The maximum atomic E-state index is 6.22. The number of ether oxygens (including phenoxy) is 5. The average molecular weight is 435 g/mol. The minimum absolute atomic E-state index is 0.232. The van der Waals surface area contributed by atoms with Crippen LogP contribution in [0.2, 0.25) is 0 Å². The van der Waals surface area contributed by atoms with E-state index in [1.165, 1.54) is 0 Å². The van der Waals surface area contributed by atoms with Crippen molar-refractivity contribution >= 4 is 15.9 Å². The molecular formula is C21H23BrO5. The van der Waals surface area contributed by atoms with Gasteiger partial charge < -0.3 is 23.7 Å². The topological polar surface area (TPSA) is 46.2 Å². The third-order valence-electron chi connectivity index (χ3n) is 4.68. The van der Waals surface area contributed by atoms with Crippen LogP contribution in [0.1, 0.15) is 33.3 Å². The van der Waals surface area contributed by atoms with Gasteiger partial charge in [-0.25, -0.2) is 0 Å². The number of rotatable bonds is 1. The molecule has 0 aliphatic carbocycles. The standard InChI is InChI=1S/C21H23BrO5/c1-20(2)23-12-15(25-20)17-19-18(26-21(3,4)27-19)16(24-17)14(22)11-10-13-8-6-5-7-9-13/h5-9,15,17-19H,12H2,1-4H3/b16-14+/t15-,17-,18-,19+/m1/s1. The van der Waals surface area contributed by atoms with Gasteiger partial charge in [-0.2, -0.15) is 0 Å². The van der Waals surface area contributed by atoms with Gasteiger partial charge in [-0.1, -0.05) is 30.0 Å². The lowest BCUT2D eigenvalue weighted by atomic mass is 10.1. The summed E-state index contributed by atoms with van der Waals surface area (Å²) in [7, 11) is 0. The first kappa shape index (κ1) is 19.0. The second-order valence-corrected chi connectivity index (χ2v) is 8.56. The summed E-state index contributed by atoms with van der Waals surface area (Å²) in [4.78, 5) is 0. The van der Waals surface area contributed by atoms with Crippen molar-refractivity contribution in [2.75, 3.05) is 6.61 Å². The zero-order valence-electron chi connectivity index (χ0n) is 15.8. The van der Waals surface area contributed by atoms with E-state index in [0.29, 0.717) is 16.8 Å². The Labute approximate surface area is 168 Å². The van der Waals surface area contributed by atoms with Crippen LogP contribution in [-0.2, 0) is 23.7 Å². The van der Waals surface area contributed by atoms with Gasteiger partial charge in [-0.3, -0.25) is 0 Å². The number of halogens is 1. The maximum Gasteiger partial charge on any atom is 0.164 e. The van der Waals surface area contributed by atoms with Crippen molar-refractivity contribution in [3.63, 3.8) is 0 Å². The largest absolute Gasteiger partial charge is 0.484 e. The number of allylic oxidation sites excluding steroid dienone is 1. The third kappa shape index (κ3) is 3.94. The predicted octanol–water partition coefficient (Wildman–Crippen LogP) is 3.72. The van der Waals surface area contributed by atoms with Crippen molar-refractivity contribution in [2.24, 2.45) is 0 Å². The maximum absolute atomic E-state index is 6.22. The summed E-state index contributed by atoms with van der Waals surface area (Å²) in [5, 5.41) is 0. The second kappa shape index (κ2) is 6.91. The van der Waals surface area contributed by atoms with Crippen LogP contribution in [0, 0.1) is 11.8 Å². The van der Waals surface area contributed by atoms with E-state index in [0.717, 1.165) is 5.56 Å². The summed E-state index contributed by atoms with van der Waals surface area (Å²) in [5.74, 6) is 5.57. The fourth-order valence-electron chi connectivity index (χ4n) is 3.56. The number of fused-ring (bicyclic) bond motifs is 1. The Morgan fingerprint density at radius 2 is 1.74 bits per heavy atom. The van der Waals surface area contributed by atoms with Crippen LogP contribution in [-0.4, -0.2) is 42.6 Å². The molecule has 3 fully saturated rings. The fourth-order valence-corrected chi connectivity index (χ4v) is 3.98. The van der Waals surface area contributed by atoms with Crippen LogP contribution < -0.4 is 0 Å². The van der Waals surface area contributed by atoms with Gasteiger partial charge in [0.2, 0.25) is 0 Å². The Balaban J connectivity index is 1.62. The van der Waals surface area contributed by atoms with Crippen LogP contribution in [0.15, 0.2) is 40.6 Å². The van der Waals surface area contributed by atoms with E-state index in [2.05, 4.69) is 27.8 Å². The van der Waals surface area contributed by atoms with Crippen molar-refractivity contribution < 1.29 is 23.7 Å². The molecule has 0 bridgehead atoms. The highest BCUT2D eigenvalue weighted by Crippen LogP contribution is 2.45. The quantitative estimate of drug-likeness (QED) is 0.630. The molecule has 0 amide bonds. The SMILES string of the molecule is CC1(C)O[C@H]2[C@@H]([C@H]3COC(C)(C)O3)O/C(=C(/Br)C#Cc3ccccc3)[C@H]2O1. The predicted molar refractivity (Wildman–Crippen MR) is 103 cm³/mol. The smallest absolute Gasteiger partial charge is 0.164 e. The van der Waals surface area contributed by atoms with E-state index >= 15 is 0 Å². The Morgan fingerprint density at radius 1 is 1.00 bits per heavy atom. The van der Waals surface area contributed by atoms with Gasteiger partial charge in [-0.15, -0.1) is 0 Å². The van der Waals surface area contributed by atoms with Gasteiger partial charge in [0.05, 0.1) is 6.61 Å². The minimum atomic E-state index is -0.697. The molecule has 3 aliphatic rings. The summed E-state index contributed by atoms with van der Waals surface area (Å²) in [5.41, 5.74) is 0.930. The van der Waals surface area contributed by atoms with Crippen LogP contribution in [0.4, 0.5) is 0 Å². The molecular weight excluding hydrogens is 412 g/mol. The average Bonchev–Trinajstić information content (AvgIpc) is 3.23. The molecule has 0 radical (unpaired) electrons. The van der Waals surface area contributed by atoms with E-state index in [1.807, 2.05) is 58.0 Å². The third-order valence-corrected chi connectivity index (χ3v) is 5.27. The highest BCUT2D eigenvalue weighted by molar-refractivity contribution is 9.12. The molecule has 3 aliphatic heterocycles. The lowest BCUT2D eigenvalue weighted by molar-refractivity contribution is -0.187. The van der Waals surface area contributed by atoms with Crippen molar-refractivity contribution in [3.8, 4) is 11.8 Å². The Morgan fingerprint density at radius 3 is 2.41 bits per heavy atom. The van der Waals surface area contributed by atoms with Gasteiger partial charge in [0, 0.05) is 5.56 Å². The molecule has 0 aromatic heterocycles. The lowest BCUT2D eigenvalue weighted by Crippen LogP contribution is -2.40. The Bertz CT molecular complexity index is 805. The van der Waals surface area contributed by atoms with Gasteiger partial charge in [-0.05, 0) is 55.8 Å². The number of benzene rings is 1. The molecule has 0 spiro atoms.